The van der Waals surface area contributed by atoms with Crippen LogP contribution in [0.1, 0.15) is 85.8 Å². The lowest BCUT2D eigenvalue weighted by atomic mass is 10.1. The monoisotopic (exact) mass is 593 g/mol. The Balaban J connectivity index is 0.00000222. The number of hydrogen-bond acceptors (Lipinski definition) is 2. The Morgan fingerprint density at radius 3 is 2.19 bits per heavy atom. The van der Waals surface area contributed by atoms with Gasteiger partial charge in [-0.3, -0.25) is 9.48 Å². The second-order valence-electron chi connectivity index (χ2n) is 9.20. The van der Waals surface area contributed by atoms with Crippen molar-refractivity contribution >= 4 is 53.6 Å². The maximum absolute atomic E-state index is 12.9. The summed E-state index contributed by atoms with van der Waals surface area (Å²) in [5.74, 6) is 1.71. The Labute approximate surface area is 233 Å². The van der Waals surface area contributed by atoms with Crippen LogP contribution in [0.15, 0.2) is 42.5 Å². The first-order valence-electron chi connectivity index (χ1n) is 13.2. The number of halogens is 2. The summed E-state index contributed by atoms with van der Waals surface area (Å²) in [5.41, 5.74) is 3.55. The van der Waals surface area contributed by atoms with Gasteiger partial charge >= 0.3 is 0 Å². The Kier molecular flexibility index (Phi) is 15.3. The van der Waals surface area contributed by atoms with Crippen LogP contribution in [0.4, 0.5) is 0 Å². The van der Waals surface area contributed by atoms with Gasteiger partial charge in [-0.2, -0.15) is 5.10 Å². The van der Waals surface area contributed by atoms with Crippen LogP contribution in [0.25, 0.3) is 10.9 Å². The summed E-state index contributed by atoms with van der Waals surface area (Å²) >= 11 is 9.38. The summed E-state index contributed by atoms with van der Waals surface area (Å²) in [6.07, 6.45) is 14.1. The molecule has 0 saturated heterocycles. The maximum atomic E-state index is 12.9. The number of carbonyl (C=O) groups excluding carboxylic acids is 1. The number of aryl methyl sites for hydroxylation is 1. The van der Waals surface area contributed by atoms with Gasteiger partial charge in [0.15, 0.2) is 5.69 Å². The third-order valence-electron chi connectivity index (χ3n) is 6.32. The van der Waals surface area contributed by atoms with E-state index in [9.17, 15) is 4.79 Å². The summed E-state index contributed by atoms with van der Waals surface area (Å²) < 4.78 is 1.88. The second kappa shape index (κ2) is 17.9. The molecular formula is C29H42BrClN3OP. The Hall–Kier alpha value is -1.42. The van der Waals surface area contributed by atoms with E-state index in [0.29, 0.717) is 18.8 Å². The molecule has 4 nitrogen and oxygen atoms in total. The molecule has 1 unspecified atom stereocenters. The molecule has 0 aliphatic carbocycles. The molecule has 1 aromatic heterocycles. The molecule has 1 amide bonds. The first-order valence-corrected chi connectivity index (χ1v) is 15.9. The highest BCUT2D eigenvalue weighted by Gasteiger charge is 2.17. The summed E-state index contributed by atoms with van der Waals surface area (Å²) in [5, 5.41) is 9.34. The number of carbonyl (C=O) groups is 1. The van der Waals surface area contributed by atoms with Crippen molar-refractivity contribution in [3.63, 3.8) is 0 Å². The molecule has 0 aliphatic rings. The molecule has 3 rings (SSSR count). The van der Waals surface area contributed by atoms with Crippen molar-refractivity contribution in [1.82, 2.24) is 15.1 Å². The van der Waals surface area contributed by atoms with Crippen molar-refractivity contribution in [3.05, 3.63) is 64.3 Å². The Bertz CT molecular complexity index is 1060. The van der Waals surface area contributed by atoms with E-state index in [2.05, 4.69) is 35.6 Å². The topological polar surface area (TPSA) is 46.9 Å². The summed E-state index contributed by atoms with van der Waals surface area (Å²) in [7, 11) is 2.81. The molecule has 0 radical (unpaired) electrons. The number of nitrogens with one attached hydrogen (secondary N) is 1. The van der Waals surface area contributed by atoms with Crippen LogP contribution in [0, 0.1) is 6.92 Å². The van der Waals surface area contributed by atoms with E-state index in [0.717, 1.165) is 39.9 Å². The van der Waals surface area contributed by atoms with Gasteiger partial charge in [-0.05, 0) is 55.0 Å². The van der Waals surface area contributed by atoms with Crippen LogP contribution < -0.4 is 5.32 Å². The van der Waals surface area contributed by atoms with Crippen LogP contribution in [-0.2, 0) is 6.54 Å². The average molecular weight is 595 g/mol. The minimum absolute atomic E-state index is 0.101. The zero-order chi connectivity index (χ0) is 26.2. The van der Waals surface area contributed by atoms with Crippen molar-refractivity contribution in [3.8, 4) is 0 Å². The van der Waals surface area contributed by atoms with Crippen molar-refractivity contribution < 1.29 is 4.79 Å². The smallest absolute Gasteiger partial charge is 0.272 e. The molecule has 1 heterocycles. The van der Waals surface area contributed by atoms with Crippen LogP contribution in [0.3, 0.4) is 0 Å². The molecule has 7 heteroatoms. The minimum Gasteiger partial charge on any atom is -0.351 e. The third-order valence-corrected chi connectivity index (χ3v) is 7.08. The van der Waals surface area contributed by atoms with Gasteiger partial charge in [0.2, 0.25) is 0 Å². The fourth-order valence-electron chi connectivity index (χ4n) is 4.33. The van der Waals surface area contributed by atoms with E-state index >= 15 is 0 Å². The van der Waals surface area contributed by atoms with Crippen molar-refractivity contribution in [2.75, 3.05) is 18.5 Å². The highest BCUT2D eigenvalue weighted by atomic mass is 79.9. The summed E-state index contributed by atoms with van der Waals surface area (Å²) in [4.78, 5) is 12.9. The second-order valence-corrected chi connectivity index (χ2v) is 10.2. The number of aromatic nitrogens is 2. The van der Waals surface area contributed by atoms with Crippen LogP contribution in [0.5, 0.6) is 0 Å². The van der Waals surface area contributed by atoms with Gasteiger partial charge in [-0.1, -0.05) is 109 Å². The van der Waals surface area contributed by atoms with Crippen LogP contribution in [-0.4, -0.2) is 34.2 Å². The van der Waals surface area contributed by atoms with Crippen LogP contribution in [0.2, 0.25) is 5.02 Å². The summed E-state index contributed by atoms with van der Waals surface area (Å²) in [6, 6.07) is 13.9. The molecule has 2 aromatic carbocycles. The van der Waals surface area contributed by atoms with E-state index in [-0.39, 0.29) is 5.91 Å². The number of para-hydroxylation sites is 1. The maximum Gasteiger partial charge on any atom is 0.272 e. The Morgan fingerprint density at radius 2 is 1.56 bits per heavy atom. The van der Waals surface area contributed by atoms with Gasteiger partial charge in [-0.25, -0.2) is 0 Å². The van der Waals surface area contributed by atoms with Gasteiger partial charge in [0.25, 0.3) is 5.91 Å². The highest BCUT2D eigenvalue weighted by molar-refractivity contribution is 9.08. The molecule has 198 valence electrons. The minimum atomic E-state index is -0.101. The number of hydrogen-bond donors (Lipinski definition) is 1. The number of nitrogens with zero attached hydrogens (tertiary/aromatic N) is 2. The molecular weight excluding hydrogens is 553 g/mol. The molecule has 0 saturated carbocycles. The van der Waals surface area contributed by atoms with E-state index < -0.39 is 0 Å². The number of amides is 1. The molecule has 0 fully saturated rings. The van der Waals surface area contributed by atoms with Gasteiger partial charge in [0.05, 0.1) is 12.1 Å². The lowest BCUT2D eigenvalue weighted by molar-refractivity contribution is 0.0948. The standard InChI is InChI=1S/C28H39ClN3OP.CH3Br/c1-22-16-17-23(25(29)20-22)21-32-26-15-11-10-14-24(26)27(31-32)28(33)30-18-12-8-6-4-2-3-5-7-9-13-19-34;1-2/h10-11,14-17,20H,2-9,12-13,18-19,21,34H2,1H3,(H,30,33);1H3. The van der Waals surface area contributed by atoms with Crippen molar-refractivity contribution in [2.24, 2.45) is 0 Å². The fraction of sp³-hybridized carbons (Fsp3) is 0.517. The normalized spacial score (nSPS) is 10.8. The molecule has 1 N–H and O–H groups in total. The first-order chi connectivity index (χ1) is 17.6. The largest absolute Gasteiger partial charge is 0.351 e. The number of rotatable bonds is 15. The Morgan fingerprint density at radius 1 is 0.944 bits per heavy atom. The molecule has 36 heavy (non-hydrogen) atoms. The zero-order valence-corrected chi connectivity index (χ0v) is 25.4. The number of alkyl halides is 1. The fourth-order valence-corrected chi connectivity index (χ4v) is 4.91. The van der Waals surface area contributed by atoms with Gasteiger partial charge in [-0.15, -0.1) is 9.24 Å². The molecule has 0 bridgehead atoms. The van der Waals surface area contributed by atoms with E-state index in [1.54, 1.807) is 0 Å². The highest BCUT2D eigenvalue weighted by Crippen LogP contribution is 2.23. The number of unbranched alkanes of at least 4 members (excludes halogenated alkanes) is 9. The molecule has 0 spiro atoms. The van der Waals surface area contributed by atoms with Gasteiger partial charge in [0.1, 0.15) is 0 Å². The first kappa shape index (κ1) is 30.8. The van der Waals surface area contributed by atoms with Gasteiger partial charge < -0.3 is 5.32 Å². The van der Waals surface area contributed by atoms with Crippen molar-refractivity contribution in [2.45, 2.75) is 77.7 Å². The number of fused-ring (bicyclic) bond motifs is 1. The lowest BCUT2D eigenvalue weighted by Gasteiger charge is -2.07. The van der Waals surface area contributed by atoms with E-state index in [1.165, 1.54) is 57.5 Å². The van der Waals surface area contributed by atoms with Crippen molar-refractivity contribution in [1.29, 1.82) is 0 Å². The molecule has 1 atom stereocenters. The van der Waals surface area contributed by atoms with E-state index in [1.807, 2.05) is 59.9 Å². The molecule has 3 aromatic rings. The summed E-state index contributed by atoms with van der Waals surface area (Å²) in [6.45, 7) is 3.25. The van der Waals surface area contributed by atoms with Gasteiger partial charge in [0, 0.05) is 17.0 Å². The SMILES string of the molecule is CBr.Cc1ccc(Cn2nc(C(=O)NCCCCCCCCCCCCP)c3ccccc32)c(Cl)c1. The lowest BCUT2D eigenvalue weighted by Crippen LogP contribution is -2.25. The molecule has 0 aliphatic heterocycles. The average Bonchev–Trinajstić information content (AvgIpc) is 3.26. The van der Waals surface area contributed by atoms with E-state index in [4.69, 9.17) is 11.6 Å². The third kappa shape index (κ3) is 10.1. The quantitative estimate of drug-likeness (QED) is 0.109. The predicted octanol–water partition coefficient (Wildman–Crippen LogP) is 8.56. The van der Waals surface area contributed by atoms with Crippen LogP contribution >= 0.6 is 36.8 Å². The number of benzene rings is 2. The predicted molar refractivity (Wildman–Crippen MR) is 163 cm³/mol. The zero-order valence-electron chi connectivity index (χ0n) is 21.9.